The monoisotopic (exact) mass is 334 g/mol. The smallest absolute Gasteiger partial charge is 0.337 e. The van der Waals surface area contributed by atoms with Gasteiger partial charge in [-0.3, -0.25) is 0 Å². The Morgan fingerprint density at radius 3 is 2.33 bits per heavy atom. The zero-order valence-corrected chi connectivity index (χ0v) is 13.9. The molecular weight excluding hydrogens is 311 g/mol. The molecule has 0 aromatic heterocycles. The van der Waals surface area contributed by atoms with Crippen molar-refractivity contribution < 1.29 is 9.53 Å². The van der Waals surface area contributed by atoms with Crippen LogP contribution in [0, 0.1) is 0 Å². The molecule has 0 atom stereocenters. The van der Waals surface area contributed by atoms with Crippen LogP contribution < -0.4 is 5.73 Å². The topological polar surface area (TPSA) is 55.6 Å². The van der Waals surface area contributed by atoms with E-state index in [2.05, 4.69) is 9.64 Å². The molecule has 0 saturated carbocycles. The van der Waals surface area contributed by atoms with E-state index in [9.17, 15) is 4.79 Å². The van der Waals surface area contributed by atoms with Gasteiger partial charge in [-0.05, 0) is 50.0 Å². The molecule has 6 heteroatoms. The Labute approximate surface area is 138 Å². The lowest BCUT2D eigenvalue weighted by molar-refractivity contribution is 0.0600. The molecule has 0 unspecified atom stereocenters. The minimum Gasteiger partial charge on any atom is -0.465 e. The molecule has 1 aromatic rings. The van der Waals surface area contributed by atoms with Gasteiger partial charge in [0.1, 0.15) is 0 Å². The van der Waals surface area contributed by atoms with Crippen LogP contribution in [0.5, 0.6) is 0 Å². The Balaban J connectivity index is 0.00000200. The SMILES string of the molecule is COC(=O)c1ccc(CCN2CCC(N)CC2)cc1.Cl.Cl. The molecule has 1 heterocycles. The van der Waals surface area contributed by atoms with E-state index in [-0.39, 0.29) is 30.8 Å². The Kier molecular flexibility index (Phi) is 9.62. The largest absolute Gasteiger partial charge is 0.465 e. The number of likely N-dealkylation sites (tertiary alicyclic amines) is 1. The van der Waals surface area contributed by atoms with Gasteiger partial charge in [0.25, 0.3) is 0 Å². The maximum Gasteiger partial charge on any atom is 0.337 e. The van der Waals surface area contributed by atoms with Gasteiger partial charge >= 0.3 is 5.97 Å². The first-order valence-corrected chi connectivity index (χ1v) is 6.84. The standard InChI is InChI=1S/C15H22N2O2.2ClH/c1-19-15(18)13-4-2-12(3-5-13)6-9-17-10-7-14(16)8-11-17;;/h2-5,14H,6-11,16H2,1H3;2*1H. The fraction of sp³-hybridized carbons (Fsp3) is 0.533. The first-order chi connectivity index (χ1) is 9.19. The predicted molar refractivity (Wildman–Crippen MR) is 89.6 cm³/mol. The maximum atomic E-state index is 11.3. The van der Waals surface area contributed by atoms with Crippen LogP contribution >= 0.6 is 24.8 Å². The second kappa shape index (κ2) is 10.0. The molecule has 1 aliphatic heterocycles. The molecule has 0 radical (unpaired) electrons. The van der Waals surface area contributed by atoms with E-state index in [4.69, 9.17) is 5.73 Å². The number of hydrogen-bond acceptors (Lipinski definition) is 4. The molecule has 2 N–H and O–H groups in total. The van der Waals surface area contributed by atoms with Gasteiger partial charge in [0, 0.05) is 12.6 Å². The first-order valence-electron chi connectivity index (χ1n) is 6.84. The number of carbonyl (C=O) groups is 1. The highest BCUT2D eigenvalue weighted by Gasteiger charge is 2.15. The van der Waals surface area contributed by atoms with Crippen molar-refractivity contribution in [3.63, 3.8) is 0 Å². The van der Waals surface area contributed by atoms with Crippen LogP contribution in [0.4, 0.5) is 0 Å². The fourth-order valence-corrected chi connectivity index (χ4v) is 2.39. The van der Waals surface area contributed by atoms with Crippen molar-refractivity contribution >= 4 is 30.8 Å². The summed E-state index contributed by atoms with van der Waals surface area (Å²) in [5, 5.41) is 0. The van der Waals surface area contributed by atoms with E-state index in [0.717, 1.165) is 38.9 Å². The van der Waals surface area contributed by atoms with Crippen molar-refractivity contribution in [2.24, 2.45) is 5.73 Å². The lowest BCUT2D eigenvalue weighted by atomic mass is 10.0. The molecule has 0 spiro atoms. The number of ether oxygens (including phenoxy) is 1. The van der Waals surface area contributed by atoms with E-state index < -0.39 is 0 Å². The van der Waals surface area contributed by atoms with Crippen LogP contribution in [0.15, 0.2) is 24.3 Å². The van der Waals surface area contributed by atoms with Crippen molar-refractivity contribution in [1.82, 2.24) is 4.90 Å². The highest BCUT2D eigenvalue weighted by atomic mass is 35.5. The lowest BCUT2D eigenvalue weighted by Crippen LogP contribution is -2.40. The zero-order valence-electron chi connectivity index (χ0n) is 12.3. The van der Waals surface area contributed by atoms with Gasteiger partial charge in [0.05, 0.1) is 12.7 Å². The number of esters is 1. The number of rotatable bonds is 4. The summed E-state index contributed by atoms with van der Waals surface area (Å²) in [5.74, 6) is -0.281. The number of piperidine rings is 1. The normalized spacial score (nSPS) is 15.7. The summed E-state index contributed by atoms with van der Waals surface area (Å²) < 4.78 is 4.68. The lowest BCUT2D eigenvalue weighted by Gasteiger charge is -2.29. The average Bonchev–Trinajstić information content (AvgIpc) is 2.46. The second-order valence-corrected chi connectivity index (χ2v) is 5.12. The molecule has 1 aromatic carbocycles. The van der Waals surface area contributed by atoms with Crippen molar-refractivity contribution in [2.75, 3.05) is 26.7 Å². The van der Waals surface area contributed by atoms with Crippen molar-refractivity contribution in [1.29, 1.82) is 0 Å². The van der Waals surface area contributed by atoms with Crippen LogP contribution in [0.2, 0.25) is 0 Å². The van der Waals surface area contributed by atoms with Gasteiger partial charge in [0.15, 0.2) is 0 Å². The number of methoxy groups -OCH3 is 1. The van der Waals surface area contributed by atoms with E-state index in [1.807, 2.05) is 24.3 Å². The maximum absolute atomic E-state index is 11.3. The molecule has 120 valence electrons. The van der Waals surface area contributed by atoms with Crippen LogP contribution in [0.1, 0.15) is 28.8 Å². The molecule has 1 aliphatic rings. The average molecular weight is 335 g/mol. The first kappa shape index (κ1) is 20.2. The molecular formula is C15H24Cl2N2O2. The van der Waals surface area contributed by atoms with Crippen LogP contribution in [-0.2, 0) is 11.2 Å². The summed E-state index contributed by atoms with van der Waals surface area (Å²) in [6.07, 6.45) is 3.21. The highest BCUT2D eigenvalue weighted by molar-refractivity contribution is 5.89. The summed E-state index contributed by atoms with van der Waals surface area (Å²) in [7, 11) is 1.40. The minimum absolute atomic E-state index is 0. The van der Waals surface area contributed by atoms with Crippen LogP contribution in [-0.4, -0.2) is 43.7 Å². The summed E-state index contributed by atoms with van der Waals surface area (Å²) in [4.78, 5) is 13.8. The Hall–Kier alpha value is -0.810. The van der Waals surface area contributed by atoms with Crippen LogP contribution in [0.3, 0.4) is 0 Å². The zero-order chi connectivity index (χ0) is 13.7. The molecule has 0 aliphatic carbocycles. The number of hydrogen-bond donors (Lipinski definition) is 1. The van der Waals surface area contributed by atoms with Gasteiger partial charge in [-0.25, -0.2) is 4.79 Å². The van der Waals surface area contributed by atoms with Gasteiger partial charge in [-0.15, -0.1) is 24.8 Å². The van der Waals surface area contributed by atoms with Crippen molar-refractivity contribution in [3.05, 3.63) is 35.4 Å². The van der Waals surface area contributed by atoms with Gasteiger partial charge in [-0.1, -0.05) is 12.1 Å². The van der Waals surface area contributed by atoms with E-state index in [1.165, 1.54) is 12.7 Å². The molecule has 2 rings (SSSR count). The summed E-state index contributed by atoms with van der Waals surface area (Å²) in [5.41, 5.74) is 7.75. The fourth-order valence-electron chi connectivity index (χ4n) is 2.39. The van der Waals surface area contributed by atoms with Gasteiger partial charge < -0.3 is 15.4 Å². The van der Waals surface area contributed by atoms with Crippen molar-refractivity contribution in [2.45, 2.75) is 25.3 Å². The third-order valence-corrected chi connectivity index (χ3v) is 3.72. The van der Waals surface area contributed by atoms with E-state index in [0.29, 0.717) is 11.6 Å². The summed E-state index contributed by atoms with van der Waals surface area (Å²) in [6, 6.07) is 8.04. The molecule has 0 amide bonds. The second-order valence-electron chi connectivity index (χ2n) is 5.12. The molecule has 21 heavy (non-hydrogen) atoms. The molecule has 4 nitrogen and oxygen atoms in total. The van der Waals surface area contributed by atoms with Gasteiger partial charge in [0.2, 0.25) is 0 Å². The number of carbonyl (C=O) groups excluding carboxylic acids is 1. The van der Waals surface area contributed by atoms with Gasteiger partial charge in [-0.2, -0.15) is 0 Å². The number of nitrogens with two attached hydrogens (primary N) is 1. The Morgan fingerprint density at radius 2 is 1.81 bits per heavy atom. The van der Waals surface area contributed by atoms with Crippen molar-refractivity contribution in [3.8, 4) is 0 Å². The Morgan fingerprint density at radius 1 is 1.24 bits per heavy atom. The quantitative estimate of drug-likeness (QED) is 0.858. The molecule has 1 fully saturated rings. The van der Waals surface area contributed by atoms with E-state index in [1.54, 1.807) is 0 Å². The third kappa shape index (κ3) is 6.22. The minimum atomic E-state index is -0.281. The summed E-state index contributed by atoms with van der Waals surface area (Å²) >= 11 is 0. The molecule has 1 saturated heterocycles. The molecule has 0 bridgehead atoms. The third-order valence-electron chi connectivity index (χ3n) is 3.72. The predicted octanol–water partition coefficient (Wildman–Crippen LogP) is 2.28. The number of nitrogens with zero attached hydrogens (tertiary/aromatic N) is 1. The Bertz CT molecular complexity index is 418. The number of benzene rings is 1. The van der Waals surface area contributed by atoms with E-state index >= 15 is 0 Å². The number of halogens is 2. The summed E-state index contributed by atoms with van der Waals surface area (Å²) in [6.45, 7) is 3.26. The van der Waals surface area contributed by atoms with Crippen LogP contribution in [0.25, 0.3) is 0 Å². The highest BCUT2D eigenvalue weighted by Crippen LogP contribution is 2.11.